The summed E-state index contributed by atoms with van der Waals surface area (Å²) >= 11 is 1.51. The molecular weight excluding hydrogens is 312 g/mol. The number of amides is 1. The quantitative estimate of drug-likeness (QED) is 0.805. The number of hydrogen-bond donors (Lipinski definition) is 0. The average Bonchev–Trinajstić information content (AvgIpc) is 2.68. The number of aromatic nitrogens is 3. The number of rotatable bonds is 3. The molecular formula is C16H18N4O2S. The van der Waals surface area contributed by atoms with Crippen LogP contribution in [0.1, 0.15) is 27.2 Å². The Labute approximate surface area is 139 Å². The Hall–Kier alpha value is -2.15. The number of nitrogens with zero attached hydrogens (tertiary/aromatic N) is 4. The van der Waals surface area contributed by atoms with E-state index in [1.807, 2.05) is 38.1 Å². The molecule has 1 aromatic carbocycles. The fraction of sp³-hybridized carbons (Fsp3) is 0.375. The summed E-state index contributed by atoms with van der Waals surface area (Å²) in [5.41, 5.74) is 2.16. The van der Waals surface area contributed by atoms with Gasteiger partial charge in [-0.1, -0.05) is 43.8 Å². The third-order valence-corrected chi connectivity index (χ3v) is 4.27. The van der Waals surface area contributed by atoms with E-state index in [1.54, 1.807) is 4.90 Å². The zero-order valence-electron chi connectivity index (χ0n) is 13.3. The highest BCUT2D eigenvalue weighted by Gasteiger charge is 2.32. The van der Waals surface area contributed by atoms with Gasteiger partial charge in [-0.2, -0.15) is 4.98 Å². The fourth-order valence-electron chi connectivity index (χ4n) is 2.60. The molecule has 1 aliphatic rings. The largest absolute Gasteiger partial charge is 0.451 e. The number of hydrogen-bond acceptors (Lipinski definition) is 6. The fourth-order valence-corrected chi connectivity index (χ4v) is 3.10. The first kappa shape index (κ1) is 15.7. The number of anilines is 1. The summed E-state index contributed by atoms with van der Waals surface area (Å²) in [6, 6.07) is 7.61. The van der Waals surface area contributed by atoms with Crippen molar-refractivity contribution < 1.29 is 9.53 Å². The molecule has 1 aliphatic heterocycles. The van der Waals surface area contributed by atoms with E-state index < -0.39 is 6.23 Å². The van der Waals surface area contributed by atoms with Gasteiger partial charge >= 0.3 is 0 Å². The second-order valence-corrected chi connectivity index (χ2v) is 6.30. The van der Waals surface area contributed by atoms with Crippen LogP contribution in [0.2, 0.25) is 0 Å². The summed E-state index contributed by atoms with van der Waals surface area (Å²) in [5, 5.41) is 9.05. The lowest BCUT2D eigenvalue weighted by molar-refractivity contribution is -0.118. The molecule has 6 nitrogen and oxygen atoms in total. The molecule has 0 N–H and O–H groups in total. The minimum absolute atomic E-state index is 0.0757. The van der Waals surface area contributed by atoms with Crippen LogP contribution in [0, 0.1) is 0 Å². The predicted molar refractivity (Wildman–Crippen MR) is 89.5 cm³/mol. The molecule has 0 spiro atoms. The monoisotopic (exact) mass is 330 g/mol. The van der Waals surface area contributed by atoms with Crippen LogP contribution >= 0.6 is 11.8 Å². The maximum absolute atomic E-state index is 12.2. The van der Waals surface area contributed by atoms with Crippen molar-refractivity contribution in [1.82, 2.24) is 15.2 Å². The van der Waals surface area contributed by atoms with Crippen LogP contribution in [0.25, 0.3) is 11.3 Å². The van der Waals surface area contributed by atoms with E-state index in [2.05, 4.69) is 15.2 Å². The standard InChI is InChI=1S/C16H18N4O2S/c1-4-13-20(10(3)21)12-9-7-6-8-11(12)14-15(22-13)17-16(19-18-14)23-5-2/h6-9,13H,4-5H2,1-3H3/t13-/m1/s1. The van der Waals surface area contributed by atoms with E-state index in [-0.39, 0.29) is 5.91 Å². The molecule has 0 saturated heterocycles. The van der Waals surface area contributed by atoms with Crippen molar-refractivity contribution in [3.05, 3.63) is 24.3 Å². The average molecular weight is 330 g/mol. The normalized spacial score (nSPS) is 16.1. The molecule has 1 aromatic heterocycles. The van der Waals surface area contributed by atoms with Crippen molar-refractivity contribution in [3.8, 4) is 17.1 Å². The summed E-state index contributed by atoms with van der Waals surface area (Å²) < 4.78 is 6.03. The Bertz CT molecular complexity index is 738. The van der Waals surface area contributed by atoms with Gasteiger partial charge in [0.05, 0.1) is 5.69 Å². The Morgan fingerprint density at radius 2 is 2.09 bits per heavy atom. The minimum atomic E-state index is -0.411. The Morgan fingerprint density at radius 3 is 2.78 bits per heavy atom. The third kappa shape index (κ3) is 2.88. The number of para-hydroxylation sites is 1. The molecule has 0 fully saturated rings. The molecule has 23 heavy (non-hydrogen) atoms. The summed E-state index contributed by atoms with van der Waals surface area (Å²) in [5.74, 6) is 1.21. The van der Waals surface area contributed by atoms with Gasteiger partial charge < -0.3 is 4.74 Å². The first-order valence-corrected chi connectivity index (χ1v) is 8.57. The van der Waals surface area contributed by atoms with Gasteiger partial charge in [-0.15, -0.1) is 10.2 Å². The van der Waals surface area contributed by atoms with Gasteiger partial charge in [0.15, 0.2) is 11.9 Å². The predicted octanol–water partition coefficient (Wildman–Crippen LogP) is 3.13. The van der Waals surface area contributed by atoms with Gasteiger partial charge in [-0.05, 0) is 11.8 Å². The molecule has 3 rings (SSSR count). The van der Waals surface area contributed by atoms with Crippen molar-refractivity contribution >= 4 is 23.4 Å². The van der Waals surface area contributed by atoms with Crippen molar-refractivity contribution in [1.29, 1.82) is 0 Å². The summed E-state index contributed by atoms with van der Waals surface area (Å²) in [4.78, 5) is 18.3. The van der Waals surface area contributed by atoms with Gasteiger partial charge in [0.2, 0.25) is 16.9 Å². The number of carbonyl (C=O) groups excluding carboxylic acids is 1. The van der Waals surface area contributed by atoms with Gasteiger partial charge in [-0.3, -0.25) is 9.69 Å². The number of benzene rings is 1. The Kier molecular flexibility index (Phi) is 4.47. The van der Waals surface area contributed by atoms with Crippen LogP contribution < -0.4 is 9.64 Å². The van der Waals surface area contributed by atoms with E-state index in [9.17, 15) is 4.79 Å². The Balaban J connectivity index is 2.20. The van der Waals surface area contributed by atoms with Gasteiger partial charge in [0.1, 0.15) is 0 Å². The lowest BCUT2D eigenvalue weighted by atomic mass is 10.1. The molecule has 0 bridgehead atoms. The van der Waals surface area contributed by atoms with E-state index in [1.165, 1.54) is 18.7 Å². The summed E-state index contributed by atoms with van der Waals surface area (Å²) in [7, 11) is 0. The lowest BCUT2D eigenvalue weighted by Gasteiger charge is -2.28. The third-order valence-electron chi connectivity index (χ3n) is 3.55. The maximum atomic E-state index is 12.2. The van der Waals surface area contributed by atoms with Crippen LogP contribution in [0.4, 0.5) is 5.69 Å². The molecule has 7 heteroatoms. The highest BCUT2D eigenvalue weighted by atomic mass is 32.2. The molecule has 2 aromatic rings. The second-order valence-electron chi connectivity index (χ2n) is 5.07. The number of thioether (sulfide) groups is 1. The van der Waals surface area contributed by atoms with Gasteiger partial charge in [-0.25, -0.2) is 0 Å². The van der Waals surface area contributed by atoms with Crippen molar-refractivity contribution in [3.63, 3.8) is 0 Å². The van der Waals surface area contributed by atoms with Crippen molar-refractivity contribution in [2.24, 2.45) is 0 Å². The van der Waals surface area contributed by atoms with Crippen LogP contribution in [-0.4, -0.2) is 33.1 Å². The van der Waals surface area contributed by atoms with E-state index in [4.69, 9.17) is 4.74 Å². The first-order valence-electron chi connectivity index (χ1n) is 7.59. The highest BCUT2D eigenvalue weighted by molar-refractivity contribution is 7.99. The van der Waals surface area contributed by atoms with Crippen LogP contribution in [0.3, 0.4) is 0 Å². The molecule has 1 atom stereocenters. The summed E-state index contributed by atoms with van der Waals surface area (Å²) in [6.45, 7) is 5.54. The lowest BCUT2D eigenvalue weighted by Crippen LogP contribution is -2.42. The topological polar surface area (TPSA) is 68.2 Å². The zero-order chi connectivity index (χ0) is 16.4. The van der Waals surface area contributed by atoms with E-state index in [0.29, 0.717) is 23.2 Å². The molecule has 0 aliphatic carbocycles. The molecule has 0 saturated carbocycles. The minimum Gasteiger partial charge on any atom is -0.451 e. The molecule has 2 heterocycles. The van der Waals surface area contributed by atoms with E-state index in [0.717, 1.165) is 17.0 Å². The van der Waals surface area contributed by atoms with Crippen LogP contribution in [0.15, 0.2) is 29.4 Å². The molecule has 1 amide bonds. The highest BCUT2D eigenvalue weighted by Crippen LogP contribution is 2.39. The summed E-state index contributed by atoms with van der Waals surface area (Å²) in [6.07, 6.45) is 0.235. The van der Waals surface area contributed by atoms with Gasteiger partial charge in [0, 0.05) is 18.9 Å². The van der Waals surface area contributed by atoms with Crippen LogP contribution in [-0.2, 0) is 4.79 Å². The van der Waals surface area contributed by atoms with Crippen molar-refractivity contribution in [2.75, 3.05) is 10.7 Å². The molecule has 120 valence electrons. The second kappa shape index (κ2) is 6.54. The smallest absolute Gasteiger partial charge is 0.247 e. The Morgan fingerprint density at radius 1 is 1.30 bits per heavy atom. The van der Waals surface area contributed by atoms with E-state index >= 15 is 0 Å². The number of ether oxygens (including phenoxy) is 1. The SMILES string of the molecule is CCSc1nnc2c(n1)O[C@H](CC)N(C(C)=O)c1ccccc1-2. The molecule has 0 radical (unpaired) electrons. The van der Waals surface area contributed by atoms with Gasteiger partial charge in [0.25, 0.3) is 0 Å². The molecule has 0 unspecified atom stereocenters. The number of carbonyl (C=O) groups is 1. The zero-order valence-corrected chi connectivity index (χ0v) is 14.1. The van der Waals surface area contributed by atoms with Crippen LogP contribution in [0.5, 0.6) is 5.88 Å². The number of fused-ring (bicyclic) bond motifs is 3. The maximum Gasteiger partial charge on any atom is 0.247 e. The first-order chi connectivity index (χ1) is 11.2. The van der Waals surface area contributed by atoms with Crippen molar-refractivity contribution in [2.45, 2.75) is 38.6 Å².